The average Bonchev–Trinajstić information content (AvgIpc) is 0.720. The van der Waals surface area contributed by atoms with Crippen LogP contribution in [0.3, 0.4) is 0 Å². The van der Waals surface area contributed by atoms with Crippen LogP contribution >= 0.6 is 11.8 Å². The predicted molar refractivity (Wildman–Crippen MR) is 349 cm³/mol. The molecule has 0 saturated carbocycles. The van der Waals surface area contributed by atoms with Crippen LogP contribution in [0.4, 0.5) is 26.3 Å². The Morgan fingerprint density at radius 1 is 0.389 bits per heavy atom. The number of alkyl halides is 6. The monoisotopic (exact) mass is 1350 g/mol. The Morgan fingerprint density at radius 2 is 0.737 bits per heavy atom. The number of rotatable bonds is 15. The van der Waals surface area contributed by atoms with E-state index in [-0.39, 0.29) is 61.2 Å². The highest BCUT2D eigenvalue weighted by Crippen LogP contribution is 2.56. The number of phenolic OH excluding ortho intramolecular Hbond substituents is 12. The van der Waals surface area contributed by atoms with Crippen LogP contribution in [-0.2, 0) is 27.1 Å². The van der Waals surface area contributed by atoms with Crippen molar-refractivity contribution in [2.75, 3.05) is 0 Å². The molecular formula is C73H70F6O14S2. The molecule has 0 aliphatic carbocycles. The molecule has 1 unspecified atom stereocenters. The Kier molecular flexibility index (Phi) is 25.2. The lowest BCUT2D eigenvalue weighted by atomic mass is 9.65. The molecule has 12 N–H and O–H groups in total. The molecule has 0 bridgehead atoms. The quantitative estimate of drug-likeness (QED) is 0.0425. The summed E-state index contributed by atoms with van der Waals surface area (Å²) < 4.78 is 106. The summed E-state index contributed by atoms with van der Waals surface area (Å²) in [6, 6.07) is 54.0. The number of benzene rings is 10. The topological polar surface area (TPSA) is 277 Å². The summed E-state index contributed by atoms with van der Waals surface area (Å²) in [5.41, 5.74) is -2.09. The third-order valence-corrected chi connectivity index (χ3v) is 18.2. The van der Waals surface area contributed by atoms with Gasteiger partial charge in [0.05, 0.1) is 14.7 Å². The lowest BCUT2D eigenvalue weighted by molar-refractivity contribution is -0.288. The number of halogens is 6. The molecule has 95 heavy (non-hydrogen) atoms. The van der Waals surface area contributed by atoms with Crippen LogP contribution in [0.2, 0.25) is 0 Å². The molecule has 0 heterocycles. The van der Waals surface area contributed by atoms with E-state index in [2.05, 4.69) is 20.8 Å². The van der Waals surface area contributed by atoms with Crippen molar-refractivity contribution in [2.24, 2.45) is 5.92 Å². The lowest BCUT2D eigenvalue weighted by Gasteiger charge is -2.39. The van der Waals surface area contributed by atoms with Crippen molar-refractivity contribution in [3.05, 3.63) is 264 Å². The minimum Gasteiger partial charge on any atom is -0.508 e. The van der Waals surface area contributed by atoms with E-state index in [4.69, 9.17) is 25.5 Å². The van der Waals surface area contributed by atoms with Crippen LogP contribution in [0.15, 0.2) is 250 Å². The van der Waals surface area contributed by atoms with Gasteiger partial charge in [0, 0.05) is 17.5 Å². The first-order valence-corrected chi connectivity index (χ1v) is 31.5. The number of hydrogen-bond acceptors (Lipinski definition) is 15. The second-order valence-electron chi connectivity index (χ2n) is 21.8. The molecule has 0 radical (unpaired) electrons. The van der Waals surface area contributed by atoms with Gasteiger partial charge >= 0.3 is 12.4 Å². The zero-order valence-electron chi connectivity index (χ0n) is 51.3. The molecule has 1 atom stereocenters. The van der Waals surface area contributed by atoms with Crippen molar-refractivity contribution < 1.29 is 96.0 Å². The maximum absolute atomic E-state index is 13.6. The summed E-state index contributed by atoms with van der Waals surface area (Å²) in [6.45, 7) is 6.76. The smallest absolute Gasteiger partial charge is 0.411 e. The van der Waals surface area contributed by atoms with Crippen molar-refractivity contribution in [3.8, 4) is 69.0 Å². The molecule has 0 aromatic heterocycles. The van der Waals surface area contributed by atoms with Crippen molar-refractivity contribution in [2.45, 2.75) is 95.6 Å². The van der Waals surface area contributed by atoms with E-state index in [9.17, 15) is 70.5 Å². The fourth-order valence-corrected chi connectivity index (χ4v) is 12.5. The molecule has 0 spiro atoms. The maximum Gasteiger partial charge on any atom is 0.411 e. The number of phenols is 12. The van der Waals surface area contributed by atoms with Crippen molar-refractivity contribution in [1.29, 1.82) is 0 Å². The third-order valence-electron chi connectivity index (χ3n) is 15.2. The summed E-state index contributed by atoms with van der Waals surface area (Å²) in [5.74, 6) is 0.231. The Hall–Kier alpha value is -10.3. The van der Waals surface area contributed by atoms with Gasteiger partial charge < -0.3 is 61.3 Å². The molecule has 10 aromatic rings. The first-order chi connectivity index (χ1) is 44.8. The fraction of sp³-hybridized carbons (Fsp3) is 0.178. The van der Waals surface area contributed by atoms with E-state index < -0.39 is 50.2 Å². The maximum atomic E-state index is 13.6. The predicted octanol–water partition coefficient (Wildman–Crippen LogP) is 17.4. The molecule has 14 nitrogen and oxygen atoms in total. The number of hydrogen-bond donors (Lipinski definition) is 12. The lowest BCUT2D eigenvalue weighted by Crippen LogP contribution is -2.54. The van der Waals surface area contributed by atoms with E-state index in [1.54, 1.807) is 66.7 Å². The molecule has 0 aliphatic heterocycles. The molecule has 10 aromatic carbocycles. The SMILES string of the molecule is CCCCC(CC)C(C)(c1ccc(O)cc1)c1ccc(O)cc1.O=S(=O)(c1ccc(O)cc1)c1ccccc1O.Oc1ccc(C(c2ccc(O)cc2)(C(F)(F)F)C(F)(F)F)cc1.Oc1ccc(Sc2ccc(O)cc2O)c(O)c1.Oc1cccc(Cc2cccc(O)c2)c1. The average molecular weight is 1350 g/mol. The number of para-hydroxylation sites is 1. The van der Waals surface area contributed by atoms with E-state index in [1.165, 1.54) is 97.1 Å². The van der Waals surface area contributed by atoms with E-state index in [0.717, 1.165) is 53.6 Å². The second-order valence-corrected chi connectivity index (χ2v) is 24.8. The first kappa shape index (κ1) is 73.7. The normalized spacial score (nSPS) is 11.8. The molecule has 0 saturated heterocycles. The van der Waals surface area contributed by atoms with Gasteiger partial charge in [0.15, 0.2) is 0 Å². The van der Waals surface area contributed by atoms with Crippen LogP contribution < -0.4 is 0 Å². The van der Waals surface area contributed by atoms with Gasteiger partial charge in [0.25, 0.3) is 0 Å². The van der Waals surface area contributed by atoms with Gasteiger partial charge in [-0.2, -0.15) is 26.3 Å². The van der Waals surface area contributed by atoms with Gasteiger partial charge in [0.1, 0.15) is 73.9 Å². The first-order valence-electron chi connectivity index (χ1n) is 29.2. The third kappa shape index (κ3) is 19.2. The summed E-state index contributed by atoms with van der Waals surface area (Å²) in [5, 5.41) is 112. The van der Waals surface area contributed by atoms with Gasteiger partial charge in [-0.3, -0.25) is 0 Å². The van der Waals surface area contributed by atoms with Crippen LogP contribution in [0.25, 0.3) is 0 Å². The fourth-order valence-electron chi connectivity index (χ4n) is 10.3. The van der Waals surface area contributed by atoms with Crippen molar-refractivity contribution in [1.82, 2.24) is 0 Å². The summed E-state index contributed by atoms with van der Waals surface area (Å²) in [4.78, 5) is 0.884. The highest BCUT2D eigenvalue weighted by molar-refractivity contribution is 7.99. The van der Waals surface area contributed by atoms with Crippen LogP contribution in [0.5, 0.6) is 69.0 Å². The highest BCUT2D eigenvalue weighted by atomic mass is 32.2. The van der Waals surface area contributed by atoms with Gasteiger partial charge in [-0.25, -0.2) is 8.42 Å². The van der Waals surface area contributed by atoms with Gasteiger partial charge in [-0.15, -0.1) is 0 Å². The molecule has 0 aliphatic rings. The van der Waals surface area contributed by atoms with E-state index in [1.807, 2.05) is 48.5 Å². The van der Waals surface area contributed by atoms with Gasteiger partial charge in [-0.1, -0.05) is 137 Å². The zero-order valence-corrected chi connectivity index (χ0v) is 53.0. The summed E-state index contributed by atoms with van der Waals surface area (Å²) >= 11 is 1.14. The number of unbranched alkanes of at least 4 members (excludes halogenated alkanes) is 1. The van der Waals surface area contributed by atoms with Crippen LogP contribution in [-0.4, -0.2) is 82.0 Å². The molecule has 10 rings (SSSR count). The Balaban J connectivity index is 0.000000190. The van der Waals surface area contributed by atoms with Crippen LogP contribution in [0, 0.1) is 5.92 Å². The van der Waals surface area contributed by atoms with E-state index >= 15 is 0 Å². The summed E-state index contributed by atoms with van der Waals surface area (Å²) in [7, 11) is -3.75. The minimum atomic E-state index is -5.70. The van der Waals surface area contributed by atoms with Crippen molar-refractivity contribution in [3.63, 3.8) is 0 Å². The number of aromatic hydroxyl groups is 12. The zero-order chi connectivity index (χ0) is 69.9. The second kappa shape index (κ2) is 32.5. The standard InChI is InChI=1S/C21H28O2.C15H10F6O2.C13H12O2.2C12H10O4S/c1-4-6-7-16(5-2)21(3,17-8-12-19(22)13-9-17)18-10-14-20(23)15-11-18;16-14(17,18)13(15(19,20)21,9-1-5-11(22)6-2-9)10-3-7-12(23)8-4-10;14-12-5-1-3-10(8-12)7-11-4-2-6-13(15)9-11;13-7-1-3-11(9(15)5-7)17-12-4-2-8(14)6-10(12)16;13-9-5-7-10(8-6-9)17(15,16)12-4-2-1-3-11(12)14/h8-16,22-23H,4-7H2,1-3H3;1-8,22-23H;1-6,8-9,14-15H,7H2;1-6,13-16H;1-8,13-14H. The van der Waals surface area contributed by atoms with Crippen LogP contribution in [0.1, 0.15) is 79.8 Å². The molecule has 500 valence electrons. The Bertz CT molecular complexity index is 3990. The highest BCUT2D eigenvalue weighted by Gasteiger charge is 2.72. The van der Waals surface area contributed by atoms with E-state index in [0.29, 0.717) is 57.9 Å². The molecular weight excluding hydrogens is 1280 g/mol. The molecule has 0 fully saturated rings. The molecule has 0 amide bonds. The minimum absolute atomic E-state index is 0.0127. The Labute approximate surface area is 549 Å². The molecule has 22 heteroatoms. The van der Waals surface area contributed by atoms with Gasteiger partial charge in [-0.05, 0) is 186 Å². The Morgan fingerprint density at radius 3 is 1.07 bits per heavy atom. The summed E-state index contributed by atoms with van der Waals surface area (Å²) in [6.07, 6.45) is -6.01. The van der Waals surface area contributed by atoms with Gasteiger partial charge in [0.2, 0.25) is 15.3 Å². The van der Waals surface area contributed by atoms with Crippen molar-refractivity contribution >= 4 is 21.6 Å². The number of sulfone groups is 1. The largest absolute Gasteiger partial charge is 0.508 e.